The highest BCUT2D eigenvalue weighted by Gasteiger charge is 2.43. The number of likely N-dealkylation sites (tertiary alicyclic amines) is 1. The molecule has 1 aliphatic carbocycles. The molecule has 5 N–H and O–H groups in total. The number of carbonyl (C=O) groups is 6. The van der Waals surface area contributed by atoms with E-state index in [4.69, 9.17) is 9.72 Å². The van der Waals surface area contributed by atoms with Crippen LogP contribution in [-0.2, 0) is 23.9 Å². The third kappa shape index (κ3) is 12.5. The van der Waals surface area contributed by atoms with Gasteiger partial charge in [0.15, 0.2) is 5.13 Å². The van der Waals surface area contributed by atoms with Crippen molar-refractivity contribution in [1.29, 1.82) is 0 Å². The van der Waals surface area contributed by atoms with E-state index in [1.54, 1.807) is 16.2 Å². The maximum atomic E-state index is 14.6. The van der Waals surface area contributed by atoms with Crippen molar-refractivity contribution in [3.05, 3.63) is 95.6 Å². The fourth-order valence-electron chi connectivity index (χ4n) is 9.63. The number of nitrogens with one attached hydrogen (secondary N) is 4. The summed E-state index contributed by atoms with van der Waals surface area (Å²) in [6.45, 7) is 5.53. The first-order chi connectivity index (χ1) is 33.0. The molecule has 16 nitrogen and oxygen atoms in total. The largest absolute Gasteiger partial charge is 0.465 e. The number of thiazole rings is 1. The molecule has 364 valence electrons. The van der Waals surface area contributed by atoms with Crippen LogP contribution >= 0.6 is 11.3 Å². The maximum Gasteiger partial charge on any atom is 0.407 e. The van der Waals surface area contributed by atoms with Crippen LogP contribution in [0.1, 0.15) is 105 Å². The quantitative estimate of drug-likeness (QED) is 0.0664. The van der Waals surface area contributed by atoms with Crippen LogP contribution < -0.4 is 26.2 Å². The second kappa shape index (κ2) is 24.3. The van der Waals surface area contributed by atoms with Crippen LogP contribution in [0.15, 0.2) is 78.9 Å². The van der Waals surface area contributed by atoms with Gasteiger partial charge in [-0.2, -0.15) is 0 Å². The molecule has 3 fully saturated rings. The van der Waals surface area contributed by atoms with Gasteiger partial charge in [-0.3, -0.25) is 28.9 Å². The number of likely N-dealkylation sites (N-methyl/N-ethyl adjacent to an activating group) is 1. The lowest BCUT2D eigenvalue weighted by atomic mass is 9.83. The third-order valence-electron chi connectivity index (χ3n) is 13.6. The molecule has 1 aromatic heterocycles. The SMILES string of the molecule is CC(C(=O)N[C@H](C(=O)N1CCCC1C(=O)NC(C(=O)NCCCCCCNC(=O)c1cccc2sc(N3CCOCC3)nc12)C(c1ccccc1)c1ccccc1)C1CCCCC1)N(C)C(=O)O. The highest BCUT2D eigenvalue weighted by Crippen LogP contribution is 2.33. The van der Waals surface area contributed by atoms with Crippen molar-refractivity contribution in [3.63, 3.8) is 0 Å². The van der Waals surface area contributed by atoms with Gasteiger partial charge in [-0.25, -0.2) is 9.78 Å². The Morgan fingerprint density at radius 2 is 1.41 bits per heavy atom. The minimum absolute atomic E-state index is 0.155. The molecule has 3 unspecified atom stereocenters. The first-order valence-electron chi connectivity index (χ1n) is 24.3. The molecule has 7 rings (SSSR count). The molecule has 3 aliphatic rings. The van der Waals surface area contributed by atoms with Gasteiger partial charge in [-0.1, -0.05) is 110 Å². The number of para-hydroxylation sites is 1. The number of ether oxygens (including phenoxy) is 1. The highest BCUT2D eigenvalue weighted by molar-refractivity contribution is 7.22. The number of amides is 6. The Kier molecular flexibility index (Phi) is 17.8. The van der Waals surface area contributed by atoms with Gasteiger partial charge in [0.25, 0.3) is 5.91 Å². The maximum absolute atomic E-state index is 14.6. The Labute approximate surface area is 402 Å². The lowest BCUT2D eigenvalue weighted by Crippen LogP contribution is -2.60. The Hall–Kier alpha value is -6.07. The Bertz CT molecular complexity index is 2300. The second-order valence-corrected chi connectivity index (χ2v) is 19.1. The molecule has 17 heteroatoms. The number of fused-ring (bicyclic) bond motifs is 1. The fourth-order valence-corrected chi connectivity index (χ4v) is 10.7. The summed E-state index contributed by atoms with van der Waals surface area (Å²) < 4.78 is 6.46. The van der Waals surface area contributed by atoms with Gasteiger partial charge in [-0.05, 0) is 74.6 Å². The Morgan fingerprint density at radius 3 is 2.06 bits per heavy atom. The van der Waals surface area contributed by atoms with E-state index in [0.717, 1.165) is 90.3 Å². The normalized spacial score (nSPS) is 17.8. The van der Waals surface area contributed by atoms with Crippen molar-refractivity contribution in [1.82, 2.24) is 36.1 Å². The monoisotopic (exact) mass is 950 g/mol. The van der Waals surface area contributed by atoms with Crippen molar-refractivity contribution in [2.75, 3.05) is 57.9 Å². The Balaban J connectivity index is 0.981. The number of morpholine rings is 1. The molecular weight excluding hydrogens is 885 g/mol. The summed E-state index contributed by atoms with van der Waals surface area (Å²) in [5.41, 5.74) is 2.94. The minimum Gasteiger partial charge on any atom is -0.465 e. The predicted octanol–water partition coefficient (Wildman–Crippen LogP) is 5.91. The number of hydrogen-bond acceptors (Lipinski definition) is 10. The summed E-state index contributed by atoms with van der Waals surface area (Å²) in [6.07, 6.45) is 7.04. The number of hydrogen-bond donors (Lipinski definition) is 5. The fraction of sp³-hybridized carbons (Fsp3) is 0.510. The zero-order chi connectivity index (χ0) is 48.0. The number of nitrogens with zero attached hydrogens (tertiary/aromatic N) is 4. The lowest BCUT2D eigenvalue weighted by Gasteiger charge is -2.36. The van der Waals surface area contributed by atoms with E-state index in [9.17, 15) is 33.9 Å². The summed E-state index contributed by atoms with van der Waals surface area (Å²) in [5, 5.41) is 22.6. The van der Waals surface area contributed by atoms with Gasteiger partial charge in [0, 0.05) is 45.7 Å². The van der Waals surface area contributed by atoms with Gasteiger partial charge in [0.1, 0.15) is 24.2 Å². The summed E-state index contributed by atoms with van der Waals surface area (Å²) in [6, 6.07) is 21.0. The van der Waals surface area contributed by atoms with Crippen molar-refractivity contribution in [2.45, 2.75) is 108 Å². The van der Waals surface area contributed by atoms with E-state index in [2.05, 4.69) is 26.2 Å². The first kappa shape index (κ1) is 49.8. The van der Waals surface area contributed by atoms with Crippen molar-refractivity contribution in [3.8, 4) is 0 Å². The third-order valence-corrected chi connectivity index (χ3v) is 14.7. The average Bonchev–Trinajstić information content (AvgIpc) is 4.05. The minimum atomic E-state index is -1.26. The number of aromatic nitrogens is 1. The topological polar surface area (TPSA) is 203 Å². The van der Waals surface area contributed by atoms with Crippen molar-refractivity contribution in [2.24, 2.45) is 5.92 Å². The zero-order valence-corrected chi connectivity index (χ0v) is 40.0. The summed E-state index contributed by atoms with van der Waals surface area (Å²) in [4.78, 5) is 91.5. The molecule has 2 saturated heterocycles. The van der Waals surface area contributed by atoms with Crippen LogP contribution in [0.2, 0.25) is 0 Å². The molecule has 3 aromatic carbocycles. The van der Waals surface area contributed by atoms with Crippen LogP contribution in [0.25, 0.3) is 10.2 Å². The van der Waals surface area contributed by atoms with Crippen LogP contribution in [0.5, 0.6) is 0 Å². The molecular formula is C51H66N8O8S. The van der Waals surface area contributed by atoms with Crippen LogP contribution in [0, 0.1) is 5.92 Å². The molecule has 68 heavy (non-hydrogen) atoms. The average molecular weight is 951 g/mol. The van der Waals surface area contributed by atoms with E-state index >= 15 is 0 Å². The van der Waals surface area contributed by atoms with Crippen LogP contribution in [0.3, 0.4) is 0 Å². The second-order valence-electron chi connectivity index (χ2n) is 18.1. The van der Waals surface area contributed by atoms with E-state index in [1.165, 1.54) is 14.0 Å². The van der Waals surface area contributed by atoms with Gasteiger partial charge in [0.05, 0.1) is 29.0 Å². The number of benzene rings is 3. The number of rotatable bonds is 20. The lowest BCUT2D eigenvalue weighted by molar-refractivity contribution is -0.144. The van der Waals surface area contributed by atoms with Crippen LogP contribution in [0.4, 0.5) is 9.93 Å². The van der Waals surface area contributed by atoms with Gasteiger partial charge < -0.3 is 40.9 Å². The molecule has 6 amide bonds. The molecule has 4 atom stereocenters. The summed E-state index contributed by atoms with van der Waals surface area (Å²) in [5.74, 6) is -2.62. The first-order valence-corrected chi connectivity index (χ1v) is 25.1. The zero-order valence-electron chi connectivity index (χ0n) is 39.2. The number of carboxylic acid groups (broad SMARTS) is 1. The number of anilines is 1. The standard InChI is InChI=1S/C51H66N8O8S/c1-34(57(2)51(65)66)45(60)54-42(37-22-12-7-13-23-37)49(64)59-29-17-25-39(59)47(62)55-44(41(35-18-8-5-9-19-35)36-20-10-6-11-21-36)48(63)53-28-15-4-3-14-27-52-46(61)38-24-16-26-40-43(38)56-50(68-40)58-30-32-67-33-31-58/h5-6,8-11,16,18-21,24,26,34,37,39,41-42,44H,3-4,7,12-15,17,22-23,25,27-33H2,1-2H3,(H,52,61)(H,53,63)(H,54,60)(H,55,62)(H,65,66)/t34?,39?,42-,44?/m0/s1. The smallest absolute Gasteiger partial charge is 0.407 e. The van der Waals surface area contributed by atoms with E-state index in [-0.39, 0.29) is 23.6 Å². The van der Waals surface area contributed by atoms with Gasteiger partial charge >= 0.3 is 6.09 Å². The van der Waals surface area contributed by atoms with Gasteiger partial charge in [0.2, 0.25) is 23.6 Å². The molecule has 4 aromatic rings. The molecule has 0 bridgehead atoms. The van der Waals surface area contributed by atoms with E-state index < -0.39 is 48.0 Å². The van der Waals surface area contributed by atoms with Crippen LogP contribution in [-0.4, -0.2) is 133 Å². The number of unbranched alkanes of at least 4 members (excludes halogenated alkanes) is 3. The molecule has 0 spiro atoms. The number of carbonyl (C=O) groups excluding carboxylic acids is 5. The van der Waals surface area contributed by atoms with Crippen molar-refractivity contribution < 1.29 is 38.6 Å². The summed E-state index contributed by atoms with van der Waals surface area (Å²) >= 11 is 1.58. The molecule has 0 radical (unpaired) electrons. The molecule has 3 heterocycles. The highest BCUT2D eigenvalue weighted by atomic mass is 32.1. The predicted molar refractivity (Wildman–Crippen MR) is 262 cm³/mol. The molecule has 1 saturated carbocycles. The van der Waals surface area contributed by atoms with E-state index in [0.29, 0.717) is 63.2 Å². The summed E-state index contributed by atoms with van der Waals surface area (Å²) in [7, 11) is 1.31. The van der Waals surface area contributed by atoms with Crippen molar-refractivity contribution >= 4 is 62.3 Å². The van der Waals surface area contributed by atoms with E-state index in [1.807, 2.05) is 78.9 Å². The molecule has 2 aliphatic heterocycles. The Morgan fingerprint density at radius 1 is 0.765 bits per heavy atom. The van der Waals surface area contributed by atoms with Gasteiger partial charge in [-0.15, -0.1) is 0 Å².